The van der Waals surface area contributed by atoms with Gasteiger partial charge in [0.05, 0.1) is 0 Å². The molecule has 0 bridgehead atoms. The van der Waals surface area contributed by atoms with Gasteiger partial charge in [-0.3, -0.25) is 4.79 Å². The van der Waals surface area contributed by atoms with Crippen LogP contribution in [0.4, 0.5) is 4.79 Å². The van der Waals surface area contributed by atoms with Gasteiger partial charge in [-0.05, 0) is 32.2 Å². The quantitative estimate of drug-likeness (QED) is 0.820. The zero-order valence-corrected chi connectivity index (χ0v) is 12.4. The Morgan fingerprint density at radius 2 is 1.75 bits per heavy atom. The fourth-order valence-corrected chi connectivity index (χ4v) is 2.87. The summed E-state index contributed by atoms with van der Waals surface area (Å²) in [6.07, 6.45) is 3.81. The maximum absolute atomic E-state index is 12.5. The predicted octanol–water partition coefficient (Wildman–Crippen LogP) is 1.07. The third kappa shape index (κ3) is 3.62. The fraction of sp³-hybridized carbons (Fsp3) is 0.857. The topological polar surface area (TPSA) is 64.1 Å². The molecule has 1 saturated heterocycles. The van der Waals surface area contributed by atoms with Crippen LogP contribution in [0.25, 0.3) is 0 Å². The standard InChI is InChI=1S/C14H25N3O3/c1-3-16-8-6-11(7-9-16)15(2)14(20)17(10-13(18)19)12-4-5-12/h11-12H,3-10H2,1-2H3,(H,18,19). The zero-order chi connectivity index (χ0) is 14.7. The third-order valence-electron chi connectivity index (χ3n) is 4.39. The van der Waals surface area contributed by atoms with Gasteiger partial charge >= 0.3 is 12.0 Å². The maximum Gasteiger partial charge on any atom is 0.323 e. The van der Waals surface area contributed by atoms with Gasteiger partial charge in [-0.2, -0.15) is 0 Å². The lowest BCUT2D eigenvalue weighted by Gasteiger charge is -2.38. The van der Waals surface area contributed by atoms with Crippen molar-refractivity contribution < 1.29 is 14.7 Å². The van der Waals surface area contributed by atoms with Gasteiger partial charge < -0.3 is 19.8 Å². The van der Waals surface area contributed by atoms with Crippen LogP contribution in [0.15, 0.2) is 0 Å². The molecule has 0 aromatic heterocycles. The van der Waals surface area contributed by atoms with Crippen LogP contribution in [0.1, 0.15) is 32.6 Å². The SMILES string of the molecule is CCN1CCC(N(C)C(=O)N(CC(=O)O)C2CC2)CC1. The highest BCUT2D eigenvalue weighted by atomic mass is 16.4. The predicted molar refractivity (Wildman–Crippen MR) is 75.7 cm³/mol. The Morgan fingerprint density at radius 3 is 2.20 bits per heavy atom. The molecule has 20 heavy (non-hydrogen) atoms. The lowest BCUT2D eigenvalue weighted by molar-refractivity contribution is -0.137. The van der Waals surface area contributed by atoms with Crippen molar-refractivity contribution in [3.05, 3.63) is 0 Å². The Morgan fingerprint density at radius 1 is 1.15 bits per heavy atom. The Balaban J connectivity index is 1.91. The smallest absolute Gasteiger partial charge is 0.323 e. The molecule has 0 spiro atoms. The number of likely N-dealkylation sites (tertiary alicyclic amines) is 1. The molecule has 1 N–H and O–H groups in total. The molecule has 6 nitrogen and oxygen atoms in total. The van der Waals surface area contributed by atoms with E-state index in [0.717, 1.165) is 45.3 Å². The minimum absolute atomic E-state index is 0.121. The summed E-state index contributed by atoms with van der Waals surface area (Å²) in [5.74, 6) is -0.931. The lowest BCUT2D eigenvalue weighted by Crippen LogP contribution is -2.51. The largest absolute Gasteiger partial charge is 0.480 e. The number of urea groups is 1. The van der Waals surface area contributed by atoms with Crippen molar-refractivity contribution in [2.75, 3.05) is 33.2 Å². The molecule has 2 rings (SSSR count). The van der Waals surface area contributed by atoms with E-state index in [4.69, 9.17) is 5.11 Å². The summed E-state index contributed by atoms with van der Waals surface area (Å²) in [5, 5.41) is 8.95. The third-order valence-corrected chi connectivity index (χ3v) is 4.39. The number of nitrogens with zero attached hydrogens (tertiary/aromatic N) is 3. The van der Waals surface area contributed by atoms with E-state index in [-0.39, 0.29) is 24.7 Å². The molecule has 0 radical (unpaired) electrons. The summed E-state index contributed by atoms with van der Waals surface area (Å²) >= 11 is 0. The van der Waals surface area contributed by atoms with Crippen LogP contribution in [0, 0.1) is 0 Å². The van der Waals surface area contributed by atoms with Crippen molar-refractivity contribution >= 4 is 12.0 Å². The molecule has 0 aromatic rings. The monoisotopic (exact) mass is 283 g/mol. The van der Waals surface area contributed by atoms with Gasteiger partial charge in [0.1, 0.15) is 6.54 Å². The van der Waals surface area contributed by atoms with Crippen LogP contribution in [0.2, 0.25) is 0 Å². The molecule has 2 fully saturated rings. The first kappa shape index (κ1) is 15.1. The fourth-order valence-electron chi connectivity index (χ4n) is 2.87. The second-order valence-corrected chi connectivity index (χ2v) is 5.81. The molecular formula is C14H25N3O3. The van der Waals surface area contributed by atoms with Gasteiger partial charge in [0.2, 0.25) is 0 Å². The molecule has 1 saturated carbocycles. The van der Waals surface area contributed by atoms with Crippen molar-refractivity contribution in [2.24, 2.45) is 0 Å². The first-order valence-electron chi connectivity index (χ1n) is 7.50. The summed E-state index contributed by atoms with van der Waals surface area (Å²) in [7, 11) is 1.81. The summed E-state index contributed by atoms with van der Waals surface area (Å²) in [5.41, 5.74) is 0. The summed E-state index contributed by atoms with van der Waals surface area (Å²) < 4.78 is 0. The minimum Gasteiger partial charge on any atom is -0.480 e. The summed E-state index contributed by atoms with van der Waals surface area (Å²) in [4.78, 5) is 29.1. The van der Waals surface area contributed by atoms with Gasteiger partial charge in [0, 0.05) is 32.2 Å². The molecule has 1 aliphatic heterocycles. The van der Waals surface area contributed by atoms with Gasteiger partial charge in [-0.15, -0.1) is 0 Å². The zero-order valence-electron chi connectivity index (χ0n) is 12.4. The van der Waals surface area contributed by atoms with Crippen molar-refractivity contribution in [3.8, 4) is 0 Å². The van der Waals surface area contributed by atoms with E-state index in [2.05, 4.69) is 11.8 Å². The number of aliphatic carboxylic acids is 1. The number of piperidine rings is 1. The van der Waals surface area contributed by atoms with Crippen LogP contribution in [-0.4, -0.2) is 77.1 Å². The molecule has 114 valence electrons. The molecule has 2 aliphatic rings. The number of hydrogen-bond acceptors (Lipinski definition) is 3. The molecule has 6 heteroatoms. The van der Waals surface area contributed by atoms with Gasteiger partial charge in [-0.25, -0.2) is 4.79 Å². The lowest BCUT2D eigenvalue weighted by atomic mass is 10.0. The highest BCUT2D eigenvalue weighted by molar-refractivity contribution is 5.80. The highest BCUT2D eigenvalue weighted by Crippen LogP contribution is 2.28. The van der Waals surface area contributed by atoms with Crippen LogP contribution in [0.3, 0.4) is 0 Å². The average molecular weight is 283 g/mol. The van der Waals surface area contributed by atoms with E-state index < -0.39 is 5.97 Å². The van der Waals surface area contributed by atoms with Crippen LogP contribution in [-0.2, 0) is 4.79 Å². The number of amides is 2. The maximum atomic E-state index is 12.5. The molecule has 1 aliphatic carbocycles. The van der Waals surface area contributed by atoms with E-state index in [9.17, 15) is 9.59 Å². The number of rotatable bonds is 5. The highest BCUT2D eigenvalue weighted by Gasteiger charge is 2.37. The first-order chi connectivity index (χ1) is 9.52. The molecular weight excluding hydrogens is 258 g/mol. The van der Waals surface area contributed by atoms with Gasteiger partial charge in [-0.1, -0.05) is 6.92 Å². The van der Waals surface area contributed by atoms with E-state index in [1.807, 2.05) is 7.05 Å². The molecule has 0 aromatic carbocycles. The number of hydrogen-bond donors (Lipinski definition) is 1. The van der Waals surface area contributed by atoms with Crippen LogP contribution in [0.5, 0.6) is 0 Å². The van der Waals surface area contributed by atoms with E-state index in [1.54, 1.807) is 4.90 Å². The van der Waals surface area contributed by atoms with Crippen LogP contribution < -0.4 is 0 Å². The van der Waals surface area contributed by atoms with Crippen molar-refractivity contribution in [3.63, 3.8) is 0 Å². The molecule has 1 heterocycles. The Hall–Kier alpha value is -1.30. The molecule has 2 amide bonds. The second kappa shape index (κ2) is 6.43. The number of carboxylic acids is 1. The first-order valence-corrected chi connectivity index (χ1v) is 7.50. The van der Waals surface area contributed by atoms with Crippen LogP contribution >= 0.6 is 0 Å². The van der Waals surface area contributed by atoms with E-state index >= 15 is 0 Å². The Kier molecular flexibility index (Phi) is 4.86. The Bertz CT molecular complexity index is 363. The summed E-state index contributed by atoms with van der Waals surface area (Å²) in [6.45, 7) is 5.05. The van der Waals surface area contributed by atoms with E-state index in [1.165, 1.54) is 4.90 Å². The van der Waals surface area contributed by atoms with Gasteiger partial charge in [0.15, 0.2) is 0 Å². The molecule has 0 unspecified atom stereocenters. The molecule has 0 atom stereocenters. The van der Waals surface area contributed by atoms with E-state index in [0.29, 0.717) is 0 Å². The average Bonchev–Trinajstić information content (AvgIpc) is 3.27. The van der Waals surface area contributed by atoms with Gasteiger partial charge in [0.25, 0.3) is 0 Å². The normalized spacial score (nSPS) is 20.7. The van der Waals surface area contributed by atoms with Crippen molar-refractivity contribution in [1.29, 1.82) is 0 Å². The summed E-state index contributed by atoms with van der Waals surface area (Å²) in [6, 6.07) is 0.252. The van der Waals surface area contributed by atoms with Crippen molar-refractivity contribution in [2.45, 2.75) is 44.7 Å². The van der Waals surface area contributed by atoms with Crippen molar-refractivity contribution in [1.82, 2.24) is 14.7 Å². The Labute approximate surface area is 120 Å². The second-order valence-electron chi connectivity index (χ2n) is 5.81. The number of carbonyl (C=O) groups is 2. The minimum atomic E-state index is -0.931. The number of carbonyl (C=O) groups excluding carboxylic acids is 1. The number of carboxylic acid groups (broad SMARTS) is 1.